The number of aliphatic hydroxyl groups is 1. The first-order valence-corrected chi connectivity index (χ1v) is 10.2. The van der Waals surface area contributed by atoms with E-state index < -0.39 is 17.7 Å². The predicted octanol–water partition coefficient (Wildman–Crippen LogP) is 4.70. The van der Waals surface area contributed by atoms with E-state index in [0.29, 0.717) is 28.5 Å². The fourth-order valence-electron chi connectivity index (χ4n) is 3.70. The first kappa shape index (κ1) is 21.2. The SMILES string of the molecule is COc1ccc(N2C(=O)C(=O)/C(=C(\O)c3cccc(OC(C)C)c3)C2c2ccco2)cc1. The summed E-state index contributed by atoms with van der Waals surface area (Å²) >= 11 is 0. The van der Waals surface area contributed by atoms with Gasteiger partial charge in [-0.25, -0.2) is 0 Å². The van der Waals surface area contributed by atoms with Gasteiger partial charge in [-0.3, -0.25) is 14.5 Å². The van der Waals surface area contributed by atoms with Crippen LogP contribution in [-0.4, -0.2) is 30.0 Å². The van der Waals surface area contributed by atoms with E-state index in [-0.39, 0.29) is 17.4 Å². The normalized spacial score (nSPS) is 17.8. The van der Waals surface area contributed by atoms with Gasteiger partial charge < -0.3 is 19.0 Å². The second-order valence-corrected chi connectivity index (χ2v) is 7.58. The van der Waals surface area contributed by atoms with Crippen LogP contribution in [0.1, 0.15) is 31.2 Å². The van der Waals surface area contributed by atoms with Crippen molar-refractivity contribution in [3.05, 3.63) is 83.8 Å². The van der Waals surface area contributed by atoms with Gasteiger partial charge in [0.1, 0.15) is 29.1 Å². The third-order valence-electron chi connectivity index (χ3n) is 5.09. The third-order valence-corrected chi connectivity index (χ3v) is 5.09. The molecule has 1 atom stereocenters. The van der Waals surface area contributed by atoms with E-state index in [9.17, 15) is 14.7 Å². The van der Waals surface area contributed by atoms with Crippen molar-refractivity contribution in [2.45, 2.75) is 26.0 Å². The molecule has 2 aromatic carbocycles. The minimum absolute atomic E-state index is 0.0533. The molecule has 1 aromatic heterocycles. The average molecular weight is 433 g/mol. The van der Waals surface area contributed by atoms with Crippen LogP contribution >= 0.6 is 0 Å². The number of ether oxygens (including phenoxy) is 2. The molecule has 1 amide bonds. The van der Waals surface area contributed by atoms with E-state index in [1.807, 2.05) is 13.8 Å². The molecule has 1 aliphatic rings. The molecule has 2 heterocycles. The molecular formula is C25H23NO6. The summed E-state index contributed by atoms with van der Waals surface area (Å²) < 4.78 is 16.4. The number of hydrogen-bond acceptors (Lipinski definition) is 6. The monoisotopic (exact) mass is 433 g/mol. The minimum atomic E-state index is -0.923. The summed E-state index contributed by atoms with van der Waals surface area (Å²) in [5.41, 5.74) is 0.792. The molecule has 3 aromatic rings. The van der Waals surface area contributed by atoms with Crippen molar-refractivity contribution in [3.8, 4) is 11.5 Å². The first-order valence-electron chi connectivity index (χ1n) is 10.2. The van der Waals surface area contributed by atoms with Gasteiger partial charge in [0.25, 0.3) is 11.7 Å². The van der Waals surface area contributed by atoms with Crippen LogP contribution in [0.3, 0.4) is 0 Å². The fraction of sp³-hybridized carbons (Fsp3) is 0.200. The predicted molar refractivity (Wildman–Crippen MR) is 119 cm³/mol. The quantitative estimate of drug-likeness (QED) is 0.344. The standard InChI is InChI=1S/C25H23NO6/c1-15(2)32-19-7-4-6-16(14-19)23(27)21-22(20-8-5-13-31-20)26(25(29)24(21)28)17-9-11-18(30-3)12-10-17/h4-15,22,27H,1-3H3/b23-21-. The zero-order valence-corrected chi connectivity index (χ0v) is 17.9. The van der Waals surface area contributed by atoms with Crippen molar-refractivity contribution in [2.24, 2.45) is 0 Å². The number of benzene rings is 2. The molecule has 1 aliphatic heterocycles. The lowest BCUT2D eigenvalue weighted by Crippen LogP contribution is -2.29. The van der Waals surface area contributed by atoms with Crippen molar-refractivity contribution in [1.82, 2.24) is 0 Å². The molecule has 0 radical (unpaired) electrons. The minimum Gasteiger partial charge on any atom is -0.507 e. The van der Waals surface area contributed by atoms with Gasteiger partial charge in [0.05, 0.1) is 25.1 Å². The summed E-state index contributed by atoms with van der Waals surface area (Å²) in [5, 5.41) is 11.1. The first-order chi connectivity index (χ1) is 15.4. The van der Waals surface area contributed by atoms with Crippen LogP contribution in [0, 0.1) is 0 Å². The molecule has 1 N–H and O–H groups in total. The Kier molecular flexibility index (Phi) is 5.73. The number of methoxy groups -OCH3 is 1. The van der Waals surface area contributed by atoms with E-state index >= 15 is 0 Å². The maximum absolute atomic E-state index is 13.1. The highest BCUT2D eigenvalue weighted by Gasteiger charge is 2.48. The van der Waals surface area contributed by atoms with Crippen LogP contribution in [0.2, 0.25) is 0 Å². The molecule has 164 valence electrons. The Hall–Kier alpha value is -4.00. The van der Waals surface area contributed by atoms with Crippen LogP contribution in [0.25, 0.3) is 5.76 Å². The molecule has 0 spiro atoms. The number of ketones is 1. The lowest BCUT2D eigenvalue weighted by molar-refractivity contribution is -0.132. The van der Waals surface area contributed by atoms with E-state index in [0.717, 1.165) is 0 Å². The van der Waals surface area contributed by atoms with Crippen LogP contribution in [0.5, 0.6) is 11.5 Å². The van der Waals surface area contributed by atoms with E-state index in [1.165, 1.54) is 11.2 Å². The summed E-state index contributed by atoms with van der Waals surface area (Å²) in [6.07, 6.45) is 1.40. The van der Waals surface area contributed by atoms with E-state index in [1.54, 1.807) is 67.8 Å². The van der Waals surface area contributed by atoms with Gasteiger partial charge in [0.2, 0.25) is 0 Å². The number of Topliss-reactive ketones (excluding diaryl/α,β-unsaturated/α-hetero) is 1. The van der Waals surface area contributed by atoms with Crippen molar-refractivity contribution < 1.29 is 28.6 Å². The molecule has 1 fully saturated rings. The molecule has 0 aliphatic carbocycles. The highest BCUT2D eigenvalue weighted by Crippen LogP contribution is 2.42. The van der Waals surface area contributed by atoms with Crippen molar-refractivity contribution in [1.29, 1.82) is 0 Å². The van der Waals surface area contributed by atoms with Crippen molar-refractivity contribution in [2.75, 3.05) is 12.0 Å². The second-order valence-electron chi connectivity index (χ2n) is 7.58. The summed E-state index contributed by atoms with van der Waals surface area (Å²) in [7, 11) is 1.54. The maximum Gasteiger partial charge on any atom is 0.300 e. The highest BCUT2D eigenvalue weighted by molar-refractivity contribution is 6.51. The van der Waals surface area contributed by atoms with Crippen molar-refractivity contribution in [3.63, 3.8) is 0 Å². The third kappa shape index (κ3) is 3.85. The molecular weight excluding hydrogens is 410 g/mol. The van der Waals surface area contributed by atoms with Gasteiger partial charge in [0, 0.05) is 11.3 Å². The Morgan fingerprint density at radius 2 is 1.78 bits per heavy atom. The number of aliphatic hydroxyl groups excluding tert-OH is 1. The maximum atomic E-state index is 13.1. The lowest BCUT2D eigenvalue weighted by atomic mass is 9.99. The van der Waals surface area contributed by atoms with E-state index in [2.05, 4.69) is 0 Å². The molecule has 7 heteroatoms. The van der Waals surface area contributed by atoms with Crippen LogP contribution in [0.4, 0.5) is 5.69 Å². The molecule has 4 rings (SSSR count). The smallest absolute Gasteiger partial charge is 0.300 e. The molecule has 1 unspecified atom stereocenters. The Labute approximate surface area is 185 Å². The number of anilines is 1. The number of amides is 1. The number of carbonyl (C=O) groups is 2. The average Bonchev–Trinajstić information content (AvgIpc) is 3.40. The topological polar surface area (TPSA) is 89.2 Å². The largest absolute Gasteiger partial charge is 0.507 e. The van der Waals surface area contributed by atoms with Gasteiger partial charge in [-0.15, -0.1) is 0 Å². The van der Waals surface area contributed by atoms with Gasteiger partial charge in [0.15, 0.2) is 0 Å². The number of nitrogens with zero attached hydrogens (tertiary/aromatic N) is 1. The van der Waals surface area contributed by atoms with Crippen LogP contribution in [-0.2, 0) is 9.59 Å². The summed E-state index contributed by atoms with van der Waals surface area (Å²) in [6, 6.07) is 15.9. The highest BCUT2D eigenvalue weighted by atomic mass is 16.5. The van der Waals surface area contributed by atoms with Gasteiger partial charge in [-0.2, -0.15) is 0 Å². The zero-order valence-electron chi connectivity index (χ0n) is 17.9. The summed E-state index contributed by atoms with van der Waals surface area (Å²) in [6.45, 7) is 3.79. The Morgan fingerprint density at radius 1 is 1.03 bits per heavy atom. The molecule has 32 heavy (non-hydrogen) atoms. The summed E-state index contributed by atoms with van der Waals surface area (Å²) in [4.78, 5) is 27.5. The summed E-state index contributed by atoms with van der Waals surface area (Å²) in [5.74, 6) is -0.335. The number of furan rings is 1. The van der Waals surface area contributed by atoms with Crippen molar-refractivity contribution >= 4 is 23.1 Å². The van der Waals surface area contributed by atoms with Crippen LogP contribution < -0.4 is 14.4 Å². The zero-order chi connectivity index (χ0) is 22.8. The number of rotatable bonds is 6. The molecule has 1 saturated heterocycles. The molecule has 7 nitrogen and oxygen atoms in total. The lowest BCUT2D eigenvalue weighted by Gasteiger charge is -2.23. The molecule has 0 bridgehead atoms. The second kappa shape index (κ2) is 8.63. The van der Waals surface area contributed by atoms with Gasteiger partial charge >= 0.3 is 0 Å². The van der Waals surface area contributed by atoms with Gasteiger partial charge in [-0.1, -0.05) is 12.1 Å². The van der Waals surface area contributed by atoms with E-state index in [4.69, 9.17) is 13.9 Å². The Morgan fingerprint density at radius 3 is 2.41 bits per heavy atom. The fourth-order valence-corrected chi connectivity index (χ4v) is 3.70. The number of carbonyl (C=O) groups excluding carboxylic acids is 2. The molecule has 0 saturated carbocycles. The number of hydrogen-bond donors (Lipinski definition) is 1. The Bertz CT molecular complexity index is 1160. The Balaban J connectivity index is 1.85. The van der Waals surface area contributed by atoms with Gasteiger partial charge in [-0.05, 0) is 62.4 Å². The van der Waals surface area contributed by atoms with Crippen LogP contribution in [0.15, 0.2) is 76.9 Å².